The molecule has 0 amide bonds. The molecule has 2 rings (SSSR count). The van der Waals surface area contributed by atoms with Crippen molar-refractivity contribution in [3.63, 3.8) is 0 Å². The van der Waals surface area contributed by atoms with Crippen LogP contribution >= 0.6 is 15.9 Å². The van der Waals surface area contributed by atoms with Gasteiger partial charge in [-0.3, -0.25) is 4.68 Å². The molecule has 0 bridgehead atoms. The maximum atomic E-state index is 4.32. The Morgan fingerprint density at radius 1 is 1.71 bits per heavy atom. The number of aryl methyl sites for hydroxylation is 1. The number of nitrogens with zero attached hydrogens (tertiary/aromatic N) is 2. The van der Waals surface area contributed by atoms with Crippen LogP contribution in [-0.4, -0.2) is 22.4 Å². The second-order valence-corrected chi connectivity index (χ2v) is 4.52. The standard InChI is InChI=1S/C10H16BrN3/c1-2-14-10(11)8(7-13-14)6-9-4-3-5-12-9/h7,9,12H,2-6H2,1H3. The summed E-state index contributed by atoms with van der Waals surface area (Å²) in [6.45, 7) is 4.21. The van der Waals surface area contributed by atoms with E-state index in [1.807, 2.05) is 10.9 Å². The first-order valence-electron chi connectivity index (χ1n) is 5.25. The van der Waals surface area contributed by atoms with Crippen molar-refractivity contribution >= 4 is 15.9 Å². The number of rotatable bonds is 3. The molecule has 0 saturated carbocycles. The number of nitrogens with one attached hydrogen (secondary N) is 1. The highest BCUT2D eigenvalue weighted by Gasteiger charge is 2.17. The van der Waals surface area contributed by atoms with E-state index in [-0.39, 0.29) is 0 Å². The van der Waals surface area contributed by atoms with Gasteiger partial charge in [-0.2, -0.15) is 5.10 Å². The van der Waals surface area contributed by atoms with Gasteiger partial charge in [0.05, 0.1) is 6.20 Å². The first-order chi connectivity index (χ1) is 6.81. The maximum absolute atomic E-state index is 4.32. The lowest BCUT2D eigenvalue weighted by Gasteiger charge is -2.08. The van der Waals surface area contributed by atoms with Crippen LogP contribution in [0, 0.1) is 0 Å². The third-order valence-corrected chi connectivity index (χ3v) is 3.69. The summed E-state index contributed by atoms with van der Waals surface area (Å²) in [7, 11) is 0. The molecule has 1 aromatic rings. The molecule has 1 fully saturated rings. The van der Waals surface area contributed by atoms with Gasteiger partial charge in [-0.15, -0.1) is 0 Å². The summed E-state index contributed by atoms with van der Waals surface area (Å²) in [5, 5.41) is 7.82. The molecule has 1 aliphatic heterocycles. The Morgan fingerprint density at radius 3 is 3.14 bits per heavy atom. The fourth-order valence-electron chi connectivity index (χ4n) is 1.96. The lowest BCUT2D eigenvalue weighted by Crippen LogP contribution is -2.23. The van der Waals surface area contributed by atoms with Crippen molar-refractivity contribution in [2.24, 2.45) is 0 Å². The minimum Gasteiger partial charge on any atom is -0.314 e. The maximum Gasteiger partial charge on any atom is 0.107 e. The molecular weight excluding hydrogens is 242 g/mol. The van der Waals surface area contributed by atoms with E-state index >= 15 is 0 Å². The number of halogens is 1. The molecule has 1 unspecified atom stereocenters. The highest BCUT2D eigenvalue weighted by Crippen LogP contribution is 2.20. The zero-order chi connectivity index (χ0) is 9.97. The predicted octanol–water partition coefficient (Wildman–Crippen LogP) is 1.96. The monoisotopic (exact) mass is 257 g/mol. The average molecular weight is 258 g/mol. The molecule has 2 heterocycles. The van der Waals surface area contributed by atoms with Gasteiger partial charge in [-0.25, -0.2) is 0 Å². The van der Waals surface area contributed by atoms with Gasteiger partial charge in [0, 0.05) is 18.2 Å². The van der Waals surface area contributed by atoms with Gasteiger partial charge in [-0.1, -0.05) is 0 Å². The highest BCUT2D eigenvalue weighted by molar-refractivity contribution is 9.10. The topological polar surface area (TPSA) is 29.9 Å². The van der Waals surface area contributed by atoms with Crippen LogP contribution in [0.2, 0.25) is 0 Å². The van der Waals surface area contributed by atoms with E-state index < -0.39 is 0 Å². The second-order valence-electron chi connectivity index (χ2n) is 3.77. The van der Waals surface area contributed by atoms with E-state index in [0.29, 0.717) is 6.04 Å². The molecule has 0 aliphatic carbocycles. The number of hydrogen-bond acceptors (Lipinski definition) is 2. The van der Waals surface area contributed by atoms with Crippen molar-refractivity contribution in [1.29, 1.82) is 0 Å². The summed E-state index contributed by atoms with van der Waals surface area (Å²) in [5.74, 6) is 0. The Balaban J connectivity index is 2.04. The van der Waals surface area contributed by atoms with Crippen LogP contribution in [0.25, 0.3) is 0 Å². The number of aromatic nitrogens is 2. The Morgan fingerprint density at radius 2 is 2.57 bits per heavy atom. The van der Waals surface area contributed by atoms with Crippen LogP contribution in [0.1, 0.15) is 25.3 Å². The third-order valence-electron chi connectivity index (χ3n) is 2.77. The van der Waals surface area contributed by atoms with Crippen molar-refractivity contribution in [3.05, 3.63) is 16.4 Å². The highest BCUT2D eigenvalue weighted by atomic mass is 79.9. The first kappa shape index (κ1) is 10.2. The number of hydrogen-bond donors (Lipinski definition) is 1. The Kier molecular flexibility index (Phi) is 3.23. The Hall–Kier alpha value is -0.350. The van der Waals surface area contributed by atoms with Crippen LogP contribution in [-0.2, 0) is 13.0 Å². The third kappa shape index (κ3) is 2.01. The minimum atomic E-state index is 0.654. The molecule has 1 saturated heterocycles. The molecule has 0 aromatic carbocycles. The molecule has 0 spiro atoms. The van der Waals surface area contributed by atoms with Gasteiger partial charge in [0.1, 0.15) is 4.60 Å². The van der Waals surface area contributed by atoms with Gasteiger partial charge in [-0.05, 0) is 48.7 Å². The molecule has 3 nitrogen and oxygen atoms in total. The minimum absolute atomic E-state index is 0.654. The molecule has 14 heavy (non-hydrogen) atoms. The van der Waals surface area contributed by atoms with E-state index in [4.69, 9.17) is 0 Å². The fourth-order valence-corrected chi connectivity index (χ4v) is 2.57. The first-order valence-corrected chi connectivity index (χ1v) is 6.04. The van der Waals surface area contributed by atoms with E-state index in [1.165, 1.54) is 24.9 Å². The zero-order valence-electron chi connectivity index (χ0n) is 8.46. The lowest BCUT2D eigenvalue weighted by molar-refractivity contribution is 0.598. The van der Waals surface area contributed by atoms with Crippen LogP contribution in [0.5, 0.6) is 0 Å². The van der Waals surface area contributed by atoms with Crippen LogP contribution < -0.4 is 5.32 Å². The van der Waals surface area contributed by atoms with Crippen LogP contribution in [0.3, 0.4) is 0 Å². The van der Waals surface area contributed by atoms with E-state index in [9.17, 15) is 0 Å². The molecule has 4 heteroatoms. The summed E-state index contributed by atoms with van der Waals surface area (Å²) in [6, 6.07) is 0.654. The van der Waals surface area contributed by atoms with Crippen LogP contribution in [0.15, 0.2) is 10.8 Å². The zero-order valence-corrected chi connectivity index (χ0v) is 10.0. The van der Waals surface area contributed by atoms with E-state index in [0.717, 1.165) is 17.6 Å². The fraction of sp³-hybridized carbons (Fsp3) is 0.700. The molecule has 1 atom stereocenters. The summed E-state index contributed by atoms with van der Waals surface area (Å²) in [4.78, 5) is 0. The second kappa shape index (κ2) is 4.45. The van der Waals surface area contributed by atoms with Crippen LogP contribution in [0.4, 0.5) is 0 Å². The molecule has 1 aliphatic rings. The van der Waals surface area contributed by atoms with Gasteiger partial charge in [0.15, 0.2) is 0 Å². The molecule has 1 aromatic heterocycles. The predicted molar refractivity (Wildman–Crippen MR) is 60.3 cm³/mol. The largest absolute Gasteiger partial charge is 0.314 e. The van der Waals surface area contributed by atoms with Crippen molar-refractivity contribution in [3.8, 4) is 0 Å². The smallest absolute Gasteiger partial charge is 0.107 e. The molecule has 1 N–H and O–H groups in total. The lowest BCUT2D eigenvalue weighted by atomic mass is 10.1. The van der Waals surface area contributed by atoms with Crippen molar-refractivity contribution in [1.82, 2.24) is 15.1 Å². The molecular formula is C10H16BrN3. The Bertz CT molecular complexity index is 302. The SMILES string of the molecule is CCn1ncc(CC2CCCN2)c1Br. The van der Waals surface area contributed by atoms with Crippen molar-refractivity contribution in [2.45, 2.75) is 38.8 Å². The average Bonchev–Trinajstić information content (AvgIpc) is 2.79. The normalized spacial score (nSPS) is 21.7. The Labute approximate surface area is 93.0 Å². The van der Waals surface area contributed by atoms with Gasteiger partial charge >= 0.3 is 0 Å². The summed E-state index contributed by atoms with van der Waals surface area (Å²) >= 11 is 3.59. The van der Waals surface area contributed by atoms with Crippen molar-refractivity contribution in [2.75, 3.05) is 6.54 Å². The van der Waals surface area contributed by atoms with Gasteiger partial charge < -0.3 is 5.32 Å². The summed E-state index contributed by atoms with van der Waals surface area (Å²) in [6.07, 6.45) is 5.68. The van der Waals surface area contributed by atoms with E-state index in [1.54, 1.807) is 0 Å². The molecule has 0 radical (unpaired) electrons. The molecule has 78 valence electrons. The van der Waals surface area contributed by atoms with Gasteiger partial charge in [0.2, 0.25) is 0 Å². The summed E-state index contributed by atoms with van der Waals surface area (Å²) in [5.41, 5.74) is 1.33. The quantitative estimate of drug-likeness (QED) is 0.898. The van der Waals surface area contributed by atoms with Crippen molar-refractivity contribution < 1.29 is 0 Å². The van der Waals surface area contributed by atoms with E-state index in [2.05, 4.69) is 33.3 Å². The van der Waals surface area contributed by atoms with Gasteiger partial charge in [0.25, 0.3) is 0 Å². The summed E-state index contributed by atoms with van der Waals surface area (Å²) < 4.78 is 3.14.